The number of esters is 1. The van der Waals surface area contributed by atoms with Crippen molar-refractivity contribution in [2.75, 3.05) is 11.4 Å². The molecule has 0 spiro atoms. The van der Waals surface area contributed by atoms with Crippen LogP contribution < -0.4 is 4.31 Å². The summed E-state index contributed by atoms with van der Waals surface area (Å²) in [5.74, 6) is -1.04. The zero-order valence-corrected chi connectivity index (χ0v) is 15.9. The molecule has 28 heavy (non-hydrogen) atoms. The van der Waals surface area contributed by atoms with Gasteiger partial charge in [0.25, 0.3) is 10.0 Å². The van der Waals surface area contributed by atoms with Crippen LogP contribution in [-0.2, 0) is 21.4 Å². The van der Waals surface area contributed by atoms with E-state index in [1.54, 1.807) is 30.3 Å². The molecular weight excluding hydrogens is 381 g/mol. The predicted molar refractivity (Wildman–Crippen MR) is 104 cm³/mol. The summed E-state index contributed by atoms with van der Waals surface area (Å²) in [5.41, 5.74) is 1.25. The Labute approximate surface area is 163 Å². The summed E-state index contributed by atoms with van der Waals surface area (Å²) < 4.78 is 45.0. The Kier molecular flexibility index (Phi) is 5.75. The van der Waals surface area contributed by atoms with Crippen LogP contribution in [0, 0.1) is 5.82 Å². The molecule has 0 amide bonds. The van der Waals surface area contributed by atoms with Crippen LogP contribution in [0.25, 0.3) is 0 Å². The summed E-state index contributed by atoms with van der Waals surface area (Å²) in [4.78, 5) is 12.3. The first-order chi connectivity index (χ1) is 13.4. The molecular formula is C21H18FNO4S. The van der Waals surface area contributed by atoms with Crippen molar-refractivity contribution in [3.8, 4) is 0 Å². The fourth-order valence-corrected chi connectivity index (χ4v) is 3.77. The molecule has 5 nitrogen and oxygen atoms in total. The van der Waals surface area contributed by atoms with Gasteiger partial charge in [0.1, 0.15) is 12.4 Å². The number of ether oxygens (including phenoxy) is 1. The molecule has 0 unspecified atom stereocenters. The number of anilines is 1. The van der Waals surface area contributed by atoms with Crippen molar-refractivity contribution in [3.05, 3.63) is 95.8 Å². The van der Waals surface area contributed by atoms with Gasteiger partial charge in [0, 0.05) is 7.05 Å². The molecule has 3 aromatic rings. The number of hydrogen-bond donors (Lipinski definition) is 0. The van der Waals surface area contributed by atoms with Crippen LogP contribution in [0.15, 0.2) is 83.8 Å². The van der Waals surface area contributed by atoms with Crippen LogP contribution in [0.2, 0.25) is 0 Å². The minimum absolute atomic E-state index is 0.0184. The van der Waals surface area contributed by atoms with Crippen molar-refractivity contribution < 1.29 is 22.3 Å². The molecule has 3 rings (SSSR count). The molecule has 3 aromatic carbocycles. The SMILES string of the molecule is CN(c1ccccc1)S(=O)(=O)c1cccc(C(=O)OCc2ccc(F)cc2)c1. The van der Waals surface area contributed by atoms with Gasteiger partial charge >= 0.3 is 5.97 Å². The summed E-state index contributed by atoms with van der Waals surface area (Å²) >= 11 is 0. The molecule has 0 atom stereocenters. The second-order valence-electron chi connectivity index (χ2n) is 6.04. The third-order valence-electron chi connectivity index (χ3n) is 4.13. The molecule has 0 saturated carbocycles. The Morgan fingerprint density at radius 1 is 0.964 bits per heavy atom. The zero-order chi connectivity index (χ0) is 20.1. The quantitative estimate of drug-likeness (QED) is 0.588. The maximum Gasteiger partial charge on any atom is 0.338 e. The number of para-hydroxylation sites is 1. The average molecular weight is 399 g/mol. The van der Waals surface area contributed by atoms with E-state index >= 15 is 0 Å². The number of hydrogen-bond acceptors (Lipinski definition) is 4. The summed E-state index contributed by atoms with van der Waals surface area (Å²) in [7, 11) is -2.39. The summed E-state index contributed by atoms with van der Waals surface area (Å²) in [6.07, 6.45) is 0. The van der Waals surface area contributed by atoms with Crippen LogP contribution >= 0.6 is 0 Å². The van der Waals surface area contributed by atoms with Gasteiger partial charge in [-0.05, 0) is 48.0 Å². The van der Waals surface area contributed by atoms with Crippen molar-refractivity contribution in [2.24, 2.45) is 0 Å². The van der Waals surface area contributed by atoms with E-state index in [2.05, 4.69) is 0 Å². The van der Waals surface area contributed by atoms with Crippen LogP contribution in [-0.4, -0.2) is 21.4 Å². The fourth-order valence-electron chi connectivity index (χ4n) is 2.53. The highest BCUT2D eigenvalue weighted by atomic mass is 32.2. The van der Waals surface area contributed by atoms with Gasteiger partial charge in [0.05, 0.1) is 16.1 Å². The van der Waals surface area contributed by atoms with E-state index in [1.165, 1.54) is 55.6 Å². The third-order valence-corrected chi connectivity index (χ3v) is 5.91. The van der Waals surface area contributed by atoms with Gasteiger partial charge in [0.2, 0.25) is 0 Å². The highest BCUT2D eigenvalue weighted by Gasteiger charge is 2.22. The topological polar surface area (TPSA) is 63.7 Å². The monoisotopic (exact) mass is 399 g/mol. The number of nitrogens with zero attached hydrogens (tertiary/aromatic N) is 1. The first-order valence-electron chi connectivity index (χ1n) is 8.43. The number of carbonyl (C=O) groups excluding carboxylic acids is 1. The second-order valence-corrected chi connectivity index (χ2v) is 8.01. The van der Waals surface area contributed by atoms with Gasteiger partial charge in [-0.2, -0.15) is 0 Å². The van der Waals surface area contributed by atoms with Crippen LogP contribution in [0.1, 0.15) is 15.9 Å². The molecule has 0 bridgehead atoms. The lowest BCUT2D eigenvalue weighted by atomic mass is 10.2. The van der Waals surface area contributed by atoms with Crippen molar-refractivity contribution in [1.82, 2.24) is 0 Å². The molecule has 0 saturated heterocycles. The molecule has 0 aliphatic rings. The molecule has 0 aliphatic heterocycles. The molecule has 0 aliphatic carbocycles. The predicted octanol–water partition coefficient (Wildman–Crippen LogP) is 4.01. The van der Waals surface area contributed by atoms with Crippen LogP contribution in [0.4, 0.5) is 10.1 Å². The number of sulfonamides is 1. The van der Waals surface area contributed by atoms with Gasteiger partial charge < -0.3 is 4.74 Å². The minimum Gasteiger partial charge on any atom is -0.457 e. The average Bonchev–Trinajstić information content (AvgIpc) is 2.73. The Bertz CT molecular complexity index is 1070. The third kappa shape index (κ3) is 4.37. The van der Waals surface area contributed by atoms with Crippen molar-refractivity contribution in [2.45, 2.75) is 11.5 Å². The lowest BCUT2D eigenvalue weighted by Crippen LogP contribution is -2.26. The van der Waals surface area contributed by atoms with E-state index in [0.29, 0.717) is 11.3 Å². The number of halogens is 1. The first-order valence-corrected chi connectivity index (χ1v) is 9.87. The highest BCUT2D eigenvalue weighted by molar-refractivity contribution is 7.92. The lowest BCUT2D eigenvalue weighted by Gasteiger charge is -2.19. The smallest absolute Gasteiger partial charge is 0.338 e. The van der Waals surface area contributed by atoms with Gasteiger partial charge in [-0.15, -0.1) is 0 Å². The molecule has 0 heterocycles. The maximum atomic E-state index is 12.9. The van der Waals surface area contributed by atoms with E-state index in [0.717, 1.165) is 4.31 Å². The molecule has 7 heteroatoms. The molecule has 0 radical (unpaired) electrons. The summed E-state index contributed by atoms with van der Waals surface area (Å²) in [6.45, 7) is -0.0417. The number of carbonyl (C=O) groups is 1. The van der Waals surface area contributed by atoms with E-state index in [1.807, 2.05) is 0 Å². The van der Waals surface area contributed by atoms with E-state index in [-0.39, 0.29) is 22.9 Å². The van der Waals surface area contributed by atoms with E-state index in [4.69, 9.17) is 4.74 Å². The molecule has 0 aromatic heterocycles. The highest BCUT2D eigenvalue weighted by Crippen LogP contribution is 2.22. The normalized spacial score (nSPS) is 11.1. The second kappa shape index (κ2) is 8.22. The number of benzene rings is 3. The minimum atomic E-state index is -3.84. The Morgan fingerprint density at radius 2 is 1.64 bits per heavy atom. The Balaban J connectivity index is 1.77. The Morgan fingerprint density at radius 3 is 2.32 bits per heavy atom. The first kappa shape index (κ1) is 19.6. The molecule has 144 valence electrons. The van der Waals surface area contributed by atoms with Crippen LogP contribution in [0.3, 0.4) is 0 Å². The summed E-state index contributed by atoms with van der Waals surface area (Å²) in [5, 5.41) is 0. The standard InChI is InChI=1S/C21H18FNO4S/c1-23(19-7-3-2-4-8-19)28(25,26)20-9-5-6-17(14-20)21(24)27-15-16-10-12-18(22)13-11-16/h2-14H,15H2,1H3. The van der Waals surface area contributed by atoms with Crippen molar-refractivity contribution in [1.29, 1.82) is 0 Å². The number of rotatable bonds is 6. The van der Waals surface area contributed by atoms with E-state index < -0.39 is 16.0 Å². The largest absolute Gasteiger partial charge is 0.457 e. The lowest BCUT2D eigenvalue weighted by molar-refractivity contribution is 0.0472. The Hall–Kier alpha value is -3.19. The van der Waals surface area contributed by atoms with Crippen molar-refractivity contribution in [3.63, 3.8) is 0 Å². The molecule has 0 fully saturated rings. The van der Waals surface area contributed by atoms with Gasteiger partial charge in [-0.25, -0.2) is 17.6 Å². The zero-order valence-electron chi connectivity index (χ0n) is 15.1. The maximum absolute atomic E-state index is 12.9. The van der Waals surface area contributed by atoms with E-state index in [9.17, 15) is 17.6 Å². The van der Waals surface area contributed by atoms with Crippen molar-refractivity contribution >= 4 is 21.7 Å². The summed E-state index contributed by atoms with van der Waals surface area (Å²) in [6, 6.07) is 19.9. The fraction of sp³-hybridized carbons (Fsp3) is 0.0952. The van der Waals surface area contributed by atoms with Gasteiger partial charge in [-0.3, -0.25) is 4.31 Å². The molecule has 0 N–H and O–H groups in total. The van der Waals surface area contributed by atoms with Gasteiger partial charge in [0.15, 0.2) is 0 Å². The van der Waals surface area contributed by atoms with Crippen LogP contribution in [0.5, 0.6) is 0 Å². The van der Waals surface area contributed by atoms with Gasteiger partial charge in [-0.1, -0.05) is 36.4 Å².